The molecule has 17 heavy (non-hydrogen) atoms. The first-order valence-electron chi connectivity index (χ1n) is 5.55. The van der Waals surface area contributed by atoms with E-state index in [9.17, 15) is 4.79 Å². The van der Waals surface area contributed by atoms with Crippen LogP contribution < -0.4 is 5.32 Å². The van der Waals surface area contributed by atoms with Gasteiger partial charge in [-0.1, -0.05) is 11.8 Å². The van der Waals surface area contributed by atoms with Crippen molar-refractivity contribution < 1.29 is 4.79 Å². The molecule has 96 valence electrons. The summed E-state index contributed by atoms with van der Waals surface area (Å²) in [4.78, 5) is 11.9. The smallest absolute Gasteiger partial charge is 0.233 e. The lowest BCUT2D eigenvalue weighted by Crippen LogP contribution is -2.44. The fourth-order valence-corrected chi connectivity index (χ4v) is 2.03. The Labute approximate surface area is 106 Å². The lowest BCUT2D eigenvalue weighted by atomic mass is 10.1. The monoisotopic (exact) mass is 256 g/mol. The van der Waals surface area contributed by atoms with Crippen molar-refractivity contribution >= 4 is 17.7 Å². The molecule has 6 heteroatoms. The van der Waals surface area contributed by atoms with E-state index in [1.165, 1.54) is 11.8 Å². The van der Waals surface area contributed by atoms with Gasteiger partial charge in [0.1, 0.15) is 5.82 Å². The van der Waals surface area contributed by atoms with Crippen LogP contribution in [0.1, 0.15) is 33.5 Å². The Morgan fingerprint density at radius 2 is 2.00 bits per heavy atom. The minimum absolute atomic E-state index is 0.0168. The number of nitrogens with one attached hydrogen (secondary N) is 1. The second kappa shape index (κ2) is 5.08. The number of aryl methyl sites for hydroxylation is 1. The number of hydrogen-bond acceptors (Lipinski definition) is 4. The van der Waals surface area contributed by atoms with Crippen LogP contribution in [-0.2, 0) is 11.8 Å². The van der Waals surface area contributed by atoms with Gasteiger partial charge < -0.3 is 9.88 Å². The number of amides is 1. The van der Waals surface area contributed by atoms with Crippen LogP contribution >= 0.6 is 11.8 Å². The Morgan fingerprint density at radius 1 is 1.41 bits per heavy atom. The molecule has 0 aliphatic rings. The van der Waals surface area contributed by atoms with Crippen LogP contribution in [0.15, 0.2) is 5.16 Å². The Bertz CT molecular complexity index is 408. The van der Waals surface area contributed by atoms with Crippen LogP contribution in [0.3, 0.4) is 0 Å². The summed E-state index contributed by atoms with van der Waals surface area (Å²) < 4.78 is 1.88. The molecular formula is C11H20N4OS. The number of carbonyl (C=O) groups excluding carboxylic acids is 1. The highest BCUT2D eigenvalue weighted by atomic mass is 32.2. The van der Waals surface area contributed by atoms with Gasteiger partial charge in [-0.3, -0.25) is 4.79 Å². The Balaban J connectivity index is 2.63. The van der Waals surface area contributed by atoms with Gasteiger partial charge in [-0.2, -0.15) is 0 Å². The maximum atomic E-state index is 11.9. The summed E-state index contributed by atoms with van der Waals surface area (Å²) in [6.45, 7) is 9.66. The third-order valence-electron chi connectivity index (χ3n) is 2.20. The minimum Gasteiger partial charge on any atom is -0.351 e. The second-order valence-corrected chi connectivity index (χ2v) is 6.40. The number of hydrogen-bond donors (Lipinski definition) is 1. The molecule has 1 N–H and O–H groups in total. The van der Waals surface area contributed by atoms with Crippen molar-refractivity contribution in [1.82, 2.24) is 20.1 Å². The van der Waals surface area contributed by atoms with E-state index < -0.39 is 0 Å². The van der Waals surface area contributed by atoms with E-state index in [4.69, 9.17) is 0 Å². The molecule has 0 radical (unpaired) electrons. The quantitative estimate of drug-likeness (QED) is 0.833. The SMILES string of the molecule is Cc1nnc(S[C@@H](C)C(=O)NC(C)(C)C)n1C. The summed E-state index contributed by atoms with van der Waals surface area (Å²) in [6, 6.07) is 0. The maximum Gasteiger partial charge on any atom is 0.233 e. The van der Waals surface area contributed by atoms with Gasteiger partial charge in [0, 0.05) is 12.6 Å². The van der Waals surface area contributed by atoms with Crippen LogP contribution in [0.2, 0.25) is 0 Å². The van der Waals surface area contributed by atoms with E-state index in [0.29, 0.717) is 0 Å². The maximum absolute atomic E-state index is 11.9. The predicted molar refractivity (Wildman–Crippen MR) is 69.0 cm³/mol. The van der Waals surface area contributed by atoms with E-state index in [2.05, 4.69) is 15.5 Å². The van der Waals surface area contributed by atoms with Crippen molar-refractivity contribution in [2.75, 3.05) is 0 Å². The van der Waals surface area contributed by atoms with E-state index in [1.807, 2.05) is 46.2 Å². The summed E-state index contributed by atoms with van der Waals surface area (Å²) in [5.74, 6) is 0.860. The largest absolute Gasteiger partial charge is 0.351 e. The molecule has 1 aromatic rings. The summed E-state index contributed by atoms with van der Waals surface area (Å²) >= 11 is 1.42. The van der Waals surface area contributed by atoms with Crippen molar-refractivity contribution in [3.63, 3.8) is 0 Å². The lowest BCUT2D eigenvalue weighted by molar-refractivity contribution is -0.121. The highest BCUT2D eigenvalue weighted by Gasteiger charge is 2.21. The molecule has 0 fully saturated rings. The molecule has 0 unspecified atom stereocenters. The molecule has 1 atom stereocenters. The van der Waals surface area contributed by atoms with Crippen LogP contribution in [0.5, 0.6) is 0 Å². The van der Waals surface area contributed by atoms with Gasteiger partial charge >= 0.3 is 0 Å². The van der Waals surface area contributed by atoms with Crippen molar-refractivity contribution in [2.24, 2.45) is 7.05 Å². The van der Waals surface area contributed by atoms with E-state index >= 15 is 0 Å². The summed E-state index contributed by atoms with van der Waals surface area (Å²) in [7, 11) is 1.89. The standard InChI is InChI=1S/C11H20N4OS/c1-7(9(16)12-11(3,4)5)17-10-14-13-8(2)15(10)6/h7H,1-6H3,(H,12,16)/t7-/m0/s1. The van der Waals surface area contributed by atoms with Crippen LogP contribution in [0, 0.1) is 6.92 Å². The molecule has 1 rings (SSSR count). The predicted octanol–water partition coefficient (Wildman–Crippen LogP) is 1.52. The number of nitrogens with zero attached hydrogens (tertiary/aromatic N) is 3. The number of rotatable bonds is 3. The first-order chi connectivity index (χ1) is 7.70. The Morgan fingerprint density at radius 3 is 2.41 bits per heavy atom. The summed E-state index contributed by atoms with van der Waals surface area (Å²) in [5, 5.41) is 11.5. The van der Waals surface area contributed by atoms with Crippen LogP contribution in [-0.4, -0.2) is 31.5 Å². The number of carbonyl (C=O) groups is 1. The van der Waals surface area contributed by atoms with Crippen molar-refractivity contribution in [1.29, 1.82) is 0 Å². The van der Waals surface area contributed by atoms with Gasteiger partial charge in [0.15, 0.2) is 5.16 Å². The summed E-state index contributed by atoms with van der Waals surface area (Å²) in [6.07, 6.45) is 0. The minimum atomic E-state index is -0.207. The zero-order valence-electron chi connectivity index (χ0n) is 11.2. The first-order valence-corrected chi connectivity index (χ1v) is 6.43. The molecule has 1 aromatic heterocycles. The molecule has 0 aliphatic carbocycles. The molecule has 0 saturated carbocycles. The third-order valence-corrected chi connectivity index (χ3v) is 3.34. The van der Waals surface area contributed by atoms with Crippen LogP contribution in [0.4, 0.5) is 0 Å². The molecule has 0 saturated heterocycles. The zero-order valence-corrected chi connectivity index (χ0v) is 12.1. The van der Waals surface area contributed by atoms with Gasteiger partial charge in [0.2, 0.25) is 5.91 Å². The zero-order chi connectivity index (χ0) is 13.2. The topological polar surface area (TPSA) is 59.8 Å². The first kappa shape index (κ1) is 14.0. The third kappa shape index (κ3) is 4.03. The fraction of sp³-hybridized carbons (Fsp3) is 0.727. The Kier molecular flexibility index (Phi) is 4.19. The van der Waals surface area contributed by atoms with E-state index in [-0.39, 0.29) is 16.7 Å². The van der Waals surface area contributed by atoms with E-state index in [0.717, 1.165) is 11.0 Å². The number of thioether (sulfide) groups is 1. The molecule has 0 spiro atoms. The van der Waals surface area contributed by atoms with Crippen molar-refractivity contribution in [3.05, 3.63) is 5.82 Å². The molecule has 0 aliphatic heterocycles. The van der Waals surface area contributed by atoms with Crippen molar-refractivity contribution in [2.45, 2.75) is 50.6 Å². The molecule has 5 nitrogen and oxygen atoms in total. The molecule has 0 aromatic carbocycles. The normalized spacial score (nSPS) is 13.5. The molecule has 0 bridgehead atoms. The average molecular weight is 256 g/mol. The lowest BCUT2D eigenvalue weighted by Gasteiger charge is -2.22. The molecular weight excluding hydrogens is 236 g/mol. The average Bonchev–Trinajstić information content (AvgIpc) is 2.47. The summed E-state index contributed by atoms with van der Waals surface area (Å²) in [5.41, 5.74) is -0.207. The highest BCUT2D eigenvalue weighted by molar-refractivity contribution is 8.00. The van der Waals surface area contributed by atoms with Gasteiger partial charge in [-0.05, 0) is 34.6 Å². The van der Waals surface area contributed by atoms with Gasteiger partial charge in [0.25, 0.3) is 0 Å². The van der Waals surface area contributed by atoms with Crippen LogP contribution in [0.25, 0.3) is 0 Å². The molecule has 1 amide bonds. The van der Waals surface area contributed by atoms with Crippen molar-refractivity contribution in [3.8, 4) is 0 Å². The Hall–Kier alpha value is -1.04. The van der Waals surface area contributed by atoms with Gasteiger partial charge in [-0.15, -0.1) is 10.2 Å². The van der Waals surface area contributed by atoms with Gasteiger partial charge in [0.05, 0.1) is 5.25 Å². The second-order valence-electron chi connectivity index (χ2n) is 5.09. The fourth-order valence-electron chi connectivity index (χ4n) is 1.17. The van der Waals surface area contributed by atoms with E-state index in [1.54, 1.807) is 0 Å². The number of aromatic nitrogens is 3. The highest BCUT2D eigenvalue weighted by Crippen LogP contribution is 2.21. The van der Waals surface area contributed by atoms with Gasteiger partial charge in [-0.25, -0.2) is 0 Å². The molecule has 1 heterocycles.